The third-order valence-corrected chi connectivity index (χ3v) is 2.92. The predicted octanol–water partition coefficient (Wildman–Crippen LogP) is 2.35. The minimum absolute atomic E-state index is 0.528. The lowest BCUT2D eigenvalue weighted by molar-refractivity contribution is 0.291. The van der Waals surface area contributed by atoms with Crippen LogP contribution < -0.4 is 14.8 Å². The molecule has 0 saturated heterocycles. The molecule has 0 atom stereocenters. The molecule has 0 fully saturated rings. The van der Waals surface area contributed by atoms with E-state index in [2.05, 4.69) is 27.4 Å². The highest BCUT2D eigenvalue weighted by Gasteiger charge is 2.02. The highest BCUT2D eigenvalue weighted by atomic mass is 16.5. The Hall–Kier alpha value is -2.14. The zero-order valence-corrected chi connectivity index (χ0v) is 12.5. The van der Waals surface area contributed by atoms with Gasteiger partial charge in [-0.1, -0.05) is 30.3 Å². The van der Waals surface area contributed by atoms with Gasteiger partial charge in [-0.25, -0.2) is 0 Å². The van der Waals surface area contributed by atoms with E-state index >= 15 is 0 Å². The Balaban J connectivity index is 1.65. The Morgan fingerprint density at radius 2 is 1.86 bits per heavy atom. The highest BCUT2D eigenvalue weighted by molar-refractivity contribution is 5.20. The summed E-state index contributed by atoms with van der Waals surface area (Å²) in [5, 5.41) is 3.38. The molecule has 0 spiro atoms. The van der Waals surface area contributed by atoms with Crippen molar-refractivity contribution in [2.24, 2.45) is 0 Å². The number of benzene rings is 1. The molecule has 0 unspecified atom stereocenters. The number of nitrogens with zero attached hydrogens (tertiary/aromatic N) is 2. The molecule has 0 bridgehead atoms. The summed E-state index contributed by atoms with van der Waals surface area (Å²) in [4.78, 5) is 8.33. The van der Waals surface area contributed by atoms with Crippen LogP contribution in [0.4, 0.5) is 0 Å². The summed E-state index contributed by atoms with van der Waals surface area (Å²) in [6.07, 6.45) is 0.915. The predicted molar refractivity (Wildman–Crippen MR) is 81.6 cm³/mol. The normalized spacial score (nSPS) is 10.4. The van der Waals surface area contributed by atoms with Crippen molar-refractivity contribution in [3.8, 4) is 11.8 Å². The molecule has 1 N–H and O–H groups in total. The first-order chi connectivity index (χ1) is 10.3. The fraction of sp³-hybridized carbons (Fsp3) is 0.375. The molecule has 21 heavy (non-hydrogen) atoms. The van der Waals surface area contributed by atoms with Crippen molar-refractivity contribution >= 4 is 0 Å². The maximum absolute atomic E-state index is 5.61. The SMILES string of the molecule is COc1cc(OCCCNCc2ccccc2)nc(C)n1. The van der Waals surface area contributed by atoms with Crippen LogP contribution in [0.15, 0.2) is 36.4 Å². The van der Waals surface area contributed by atoms with Crippen molar-refractivity contribution in [3.63, 3.8) is 0 Å². The van der Waals surface area contributed by atoms with Gasteiger partial charge in [0, 0.05) is 6.54 Å². The zero-order chi connectivity index (χ0) is 14.9. The number of aromatic nitrogens is 2. The van der Waals surface area contributed by atoms with Gasteiger partial charge in [0.25, 0.3) is 0 Å². The summed E-state index contributed by atoms with van der Waals surface area (Å²) in [5.74, 6) is 1.73. The number of aryl methyl sites for hydroxylation is 1. The van der Waals surface area contributed by atoms with Gasteiger partial charge in [0.15, 0.2) is 0 Å². The van der Waals surface area contributed by atoms with Crippen LogP contribution in [0.1, 0.15) is 17.8 Å². The monoisotopic (exact) mass is 287 g/mol. The first-order valence-electron chi connectivity index (χ1n) is 7.05. The second-order valence-corrected chi connectivity index (χ2v) is 4.66. The number of ether oxygens (including phenoxy) is 2. The van der Waals surface area contributed by atoms with Gasteiger partial charge in [-0.05, 0) is 25.5 Å². The molecule has 5 heteroatoms. The third-order valence-electron chi connectivity index (χ3n) is 2.92. The number of nitrogens with one attached hydrogen (secondary N) is 1. The average molecular weight is 287 g/mol. The number of hydrogen-bond donors (Lipinski definition) is 1. The molecule has 1 aromatic carbocycles. The molecule has 0 aliphatic heterocycles. The molecule has 0 saturated carbocycles. The number of methoxy groups -OCH3 is 1. The molecule has 0 radical (unpaired) electrons. The first kappa shape index (κ1) is 15.3. The van der Waals surface area contributed by atoms with Crippen molar-refractivity contribution in [1.29, 1.82) is 0 Å². The van der Waals surface area contributed by atoms with Gasteiger partial charge in [0.05, 0.1) is 19.8 Å². The maximum atomic E-state index is 5.61. The number of hydrogen-bond acceptors (Lipinski definition) is 5. The van der Waals surface area contributed by atoms with E-state index in [1.165, 1.54) is 5.56 Å². The molecule has 0 amide bonds. The lowest BCUT2D eigenvalue weighted by atomic mass is 10.2. The number of rotatable bonds is 8. The highest BCUT2D eigenvalue weighted by Crippen LogP contribution is 2.14. The minimum atomic E-state index is 0.528. The van der Waals surface area contributed by atoms with Crippen molar-refractivity contribution in [2.45, 2.75) is 19.9 Å². The van der Waals surface area contributed by atoms with Gasteiger partial charge in [0.2, 0.25) is 11.8 Å². The second-order valence-electron chi connectivity index (χ2n) is 4.66. The molecular weight excluding hydrogens is 266 g/mol. The minimum Gasteiger partial charge on any atom is -0.481 e. The van der Waals surface area contributed by atoms with Gasteiger partial charge in [0.1, 0.15) is 5.82 Å². The van der Waals surface area contributed by atoms with Crippen LogP contribution in [0.2, 0.25) is 0 Å². The van der Waals surface area contributed by atoms with Crippen LogP contribution >= 0.6 is 0 Å². The molecular formula is C16H21N3O2. The van der Waals surface area contributed by atoms with Crippen molar-refractivity contribution in [2.75, 3.05) is 20.3 Å². The molecule has 112 valence electrons. The van der Waals surface area contributed by atoms with Gasteiger partial charge in [-0.3, -0.25) is 0 Å². The molecule has 2 aromatic rings. The first-order valence-corrected chi connectivity index (χ1v) is 7.05. The smallest absolute Gasteiger partial charge is 0.220 e. The van der Waals surface area contributed by atoms with Crippen LogP contribution in [0, 0.1) is 6.92 Å². The third kappa shape index (κ3) is 5.39. The van der Waals surface area contributed by atoms with Crippen LogP contribution in [0.5, 0.6) is 11.8 Å². The Morgan fingerprint density at radius 1 is 1.10 bits per heavy atom. The van der Waals surface area contributed by atoms with Crippen molar-refractivity contribution in [1.82, 2.24) is 15.3 Å². The Kier molecular flexibility index (Phi) is 5.97. The van der Waals surface area contributed by atoms with E-state index in [4.69, 9.17) is 9.47 Å². The quantitative estimate of drug-likeness (QED) is 0.755. The summed E-state index contributed by atoms with van der Waals surface area (Å²) >= 11 is 0. The summed E-state index contributed by atoms with van der Waals surface area (Å²) in [7, 11) is 1.58. The van der Waals surface area contributed by atoms with Crippen LogP contribution in [0.3, 0.4) is 0 Å². The molecule has 0 aliphatic carbocycles. The van der Waals surface area contributed by atoms with E-state index in [1.807, 2.05) is 25.1 Å². The van der Waals surface area contributed by atoms with Gasteiger partial charge < -0.3 is 14.8 Å². The molecule has 1 aromatic heterocycles. The summed E-state index contributed by atoms with van der Waals surface area (Å²) in [6.45, 7) is 4.20. The van der Waals surface area contributed by atoms with E-state index in [0.717, 1.165) is 19.5 Å². The second kappa shape index (κ2) is 8.21. The van der Waals surface area contributed by atoms with Gasteiger partial charge in [-0.15, -0.1) is 0 Å². The molecule has 1 heterocycles. The van der Waals surface area contributed by atoms with Gasteiger partial charge >= 0.3 is 0 Å². The lowest BCUT2D eigenvalue weighted by Crippen LogP contribution is -2.17. The molecule has 5 nitrogen and oxygen atoms in total. The Labute approximate surface area is 125 Å². The summed E-state index contributed by atoms with van der Waals surface area (Å²) < 4.78 is 10.7. The van der Waals surface area contributed by atoms with Crippen molar-refractivity contribution < 1.29 is 9.47 Å². The Morgan fingerprint density at radius 3 is 2.62 bits per heavy atom. The standard InChI is InChI=1S/C16H21N3O2/c1-13-18-15(20-2)11-16(19-13)21-10-6-9-17-12-14-7-4-3-5-8-14/h3-5,7-8,11,17H,6,9-10,12H2,1-2H3. The van der Waals surface area contributed by atoms with E-state index in [0.29, 0.717) is 24.2 Å². The summed E-state index contributed by atoms with van der Waals surface area (Å²) in [6, 6.07) is 12.0. The van der Waals surface area contributed by atoms with E-state index < -0.39 is 0 Å². The molecule has 2 rings (SSSR count). The topological polar surface area (TPSA) is 56.3 Å². The fourth-order valence-corrected chi connectivity index (χ4v) is 1.90. The molecule has 0 aliphatic rings. The van der Waals surface area contributed by atoms with Gasteiger partial charge in [-0.2, -0.15) is 9.97 Å². The largest absolute Gasteiger partial charge is 0.481 e. The van der Waals surface area contributed by atoms with Crippen molar-refractivity contribution in [3.05, 3.63) is 47.8 Å². The van der Waals surface area contributed by atoms with Crippen LogP contribution in [-0.2, 0) is 6.54 Å². The fourth-order valence-electron chi connectivity index (χ4n) is 1.90. The van der Waals surface area contributed by atoms with Crippen LogP contribution in [0.25, 0.3) is 0 Å². The average Bonchev–Trinajstić information content (AvgIpc) is 2.51. The van der Waals surface area contributed by atoms with E-state index in [-0.39, 0.29) is 0 Å². The maximum Gasteiger partial charge on any atom is 0.220 e. The Bertz CT molecular complexity index is 546. The van der Waals surface area contributed by atoms with E-state index in [9.17, 15) is 0 Å². The lowest BCUT2D eigenvalue weighted by Gasteiger charge is -2.08. The van der Waals surface area contributed by atoms with E-state index in [1.54, 1.807) is 13.2 Å². The zero-order valence-electron chi connectivity index (χ0n) is 12.5. The summed E-state index contributed by atoms with van der Waals surface area (Å²) in [5.41, 5.74) is 1.29. The van der Waals surface area contributed by atoms with Crippen LogP contribution in [-0.4, -0.2) is 30.2 Å².